The monoisotopic (exact) mass is 229 g/mol. The van der Waals surface area contributed by atoms with Gasteiger partial charge in [0.2, 0.25) is 0 Å². The van der Waals surface area contributed by atoms with Gasteiger partial charge in [-0.25, -0.2) is 0 Å². The Balaban J connectivity index is 2.04. The minimum absolute atomic E-state index is 0.0714. The van der Waals surface area contributed by atoms with Crippen LogP contribution in [-0.2, 0) is 6.42 Å². The van der Waals surface area contributed by atoms with Gasteiger partial charge in [0, 0.05) is 11.1 Å². The van der Waals surface area contributed by atoms with E-state index in [0.29, 0.717) is 0 Å². The molecule has 0 radical (unpaired) electrons. The van der Waals surface area contributed by atoms with Crippen molar-refractivity contribution in [2.75, 3.05) is 0 Å². The number of nitrogens with zero attached hydrogens (tertiary/aromatic N) is 1. The molecule has 4 heteroatoms. The number of hydrogen-bond acceptors (Lipinski definition) is 3. The summed E-state index contributed by atoms with van der Waals surface area (Å²) in [7, 11) is 0. The Labute approximate surface area is 90.0 Å². The highest BCUT2D eigenvalue weighted by Gasteiger charge is 2.10. The van der Waals surface area contributed by atoms with Crippen LogP contribution < -0.4 is 0 Å². The van der Waals surface area contributed by atoms with Crippen molar-refractivity contribution in [2.24, 2.45) is 0 Å². The summed E-state index contributed by atoms with van der Waals surface area (Å²) in [5, 5.41) is 4.28. The molecule has 0 fully saturated rings. The highest BCUT2D eigenvalue weighted by Crippen LogP contribution is 2.28. The fourth-order valence-electron chi connectivity index (χ4n) is 1.10. The van der Waals surface area contributed by atoms with Gasteiger partial charge in [-0.2, -0.15) is 11.3 Å². The molecule has 0 aromatic carbocycles. The molecule has 0 saturated carbocycles. The van der Waals surface area contributed by atoms with E-state index in [1.807, 2.05) is 11.7 Å². The molecule has 13 heavy (non-hydrogen) atoms. The van der Waals surface area contributed by atoms with Crippen LogP contribution in [0.15, 0.2) is 28.5 Å². The van der Waals surface area contributed by atoms with E-state index in [1.165, 1.54) is 5.56 Å². The fourth-order valence-corrected chi connectivity index (χ4v) is 2.76. The third kappa shape index (κ3) is 2.30. The maximum atomic E-state index is 6.21. The molecule has 2 rings (SSSR count). The first-order valence-electron chi connectivity index (χ1n) is 3.90. The predicted molar refractivity (Wildman–Crippen MR) is 58.7 cm³/mol. The van der Waals surface area contributed by atoms with Crippen molar-refractivity contribution in [3.8, 4) is 0 Å². The number of halogens is 1. The first-order chi connectivity index (χ1) is 6.36. The van der Waals surface area contributed by atoms with Crippen molar-refractivity contribution in [1.29, 1.82) is 0 Å². The number of thiophene rings is 1. The Kier molecular flexibility index (Phi) is 2.98. The van der Waals surface area contributed by atoms with Crippen LogP contribution in [0, 0.1) is 0 Å². The molecular formula is C9H8ClNS2. The van der Waals surface area contributed by atoms with E-state index in [2.05, 4.69) is 21.8 Å². The Morgan fingerprint density at radius 3 is 3.08 bits per heavy atom. The summed E-state index contributed by atoms with van der Waals surface area (Å²) < 4.78 is 0. The van der Waals surface area contributed by atoms with Gasteiger partial charge in [-0.1, -0.05) is 0 Å². The van der Waals surface area contributed by atoms with Gasteiger partial charge in [0.05, 0.1) is 10.9 Å². The largest absolute Gasteiger partial charge is 0.253 e. The average molecular weight is 230 g/mol. The van der Waals surface area contributed by atoms with Gasteiger partial charge in [-0.15, -0.1) is 22.9 Å². The highest BCUT2D eigenvalue weighted by atomic mass is 35.5. The smallest absolute Gasteiger partial charge is 0.0794 e. The van der Waals surface area contributed by atoms with Gasteiger partial charge in [-0.05, 0) is 28.8 Å². The zero-order chi connectivity index (χ0) is 9.10. The lowest BCUT2D eigenvalue weighted by Gasteiger charge is -2.03. The molecule has 2 aromatic heterocycles. The molecule has 0 bridgehead atoms. The number of aromatic nitrogens is 1. The Bertz CT molecular complexity index is 342. The van der Waals surface area contributed by atoms with Crippen molar-refractivity contribution in [3.63, 3.8) is 0 Å². The highest BCUT2D eigenvalue weighted by molar-refractivity contribution is 7.10. The van der Waals surface area contributed by atoms with Gasteiger partial charge in [0.15, 0.2) is 0 Å². The van der Waals surface area contributed by atoms with Crippen LogP contribution in [0.5, 0.6) is 0 Å². The maximum absolute atomic E-state index is 6.21. The van der Waals surface area contributed by atoms with E-state index in [9.17, 15) is 0 Å². The van der Waals surface area contributed by atoms with Gasteiger partial charge < -0.3 is 0 Å². The zero-order valence-electron chi connectivity index (χ0n) is 6.81. The van der Waals surface area contributed by atoms with Crippen molar-refractivity contribution < 1.29 is 0 Å². The maximum Gasteiger partial charge on any atom is 0.0794 e. The second-order valence-corrected chi connectivity index (χ2v) is 4.93. The SMILES string of the molecule is ClC(Cc1ccsc1)c1cncs1. The van der Waals surface area contributed by atoms with Crippen molar-refractivity contribution in [1.82, 2.24) is 4.98 Å². The summed E-state index contributed by atoms with van der Waals surface area (Å²) >= 11 is 9.54. The molecule has 68 valence electrons. The molecule has 0 aliphatic carbocycles. The number of alkyl halides is 1. The lowest BCUT2D eigenvalue weighted by Crippen LogP contribution is -1.91. The number of rotatable bonds is 3. The van der Waals surface area contributed by atoms with E-state index in [0.717, 1.165) is 11.3 Å². The van der Waals surface area contributed by atoms with Crippen LogP contribution >= 0.6 is 34.3 Å². The lowest BCUT2D eigenvalue weighted by molar-refractivity contribution is 0.941. The normalized spacial score (nSPS) is 13.0. The molecule has 0 aliphatic rings. The van der Waals surface area contributed by atoms with Crippen molar-refractivity contribution in [2.45, 2.75) is 11.8 Å². The second kappa shape index (κ2) is 4.22. The van der Waals surface area contributed by atoms with Crippen LogP contribution in [0.3, 0.4) is 0 Å². The number of hydrogen-bond donors (Lipinski definition) is 0. The first kappa shape index (κ1) is 9.19. The minimum Gasteiger partial charge on any atom is -0.253 e. The van der Waals surface area contributed by atoms with Gasteiger partial charge in [-0.3, -0.25) is 4.98 Å². The molecule has 1 atom stereocenters. The first-order valence-corrected chi connectivity index (χ1v) is 6.15. The summed E-state index contributed by atoms with van der Waals surface area (Å²) in [6, 6.07) is 2.11. The van der Waals surface area contributed by atoms with Gasteiger partial charge in [0.25, 0.3) is 0 Å². The molecule has 0 aliphatic heterocycles. The van der Waals surface area contributed by atoms with E-state index < -0.39 is 0 Å². The van der Waals surface area contributed by atoms with Crippen LogP contribution in [0.25, 0.3) is 0 Å². The Hall–Kier alpha value is -0.380. The van der Waals surface area contributed by atoms with Crippen molar-refractivity contribution >= 4 is 34.3 Å². The summed E-state index contributed by atoms with van der Waals surface area (Å²) in [5.41, 5.74) is 3.12. The van der Waals surface area contributed by atoms with Crippen molar-refractivity contribution in [3.05, 3.63) is 39.0 Å². The summed E-state index contributed by atoms with van der Waals surface area (Å²) in [5.74, 6) is 0. The van der Waals surface area contributed by atoms with E-state index in [4.69, 9.17) is 11.6 Å². The summed E-state index contributed by atoms with van der Waals surface area (Å²) in [4.78, 5) is 5.16. The Morgan fingerprint density at radius 2 is 2.46 bits per heavy atom. The minimum atomic E-state index is 0.0714. The lowest BCUT2D eigenvalue weighted by atomic mass is 10.2. The second-order valence-electron chi connectivity index (χ2n) is 2.71. The molecule has 0 saturated heterocycles. The topological polar surface area (TPSA) is 12.9 Å². The molecule has 1 unspecified atom stereocenters. The van der Waals surface area contributed by atoms with Gasteiger partial charge in [0.1, 0.15) is 0 Å². The standard InChI is InChI=1S/C9H8ClNS2/c10-8(9-4-11-6-13-9)3-7-1-2-12-5-7/h1-2,4-6,8H,3H2. The molecule has 2 heterocycles. The zero-order valence-corrected chi connectivity index (χ0v) is 9.20. The molecular weight excluding hydrogens is 222 g/mol. The van der Waals surface area contributed by atoms with E-state index in [-0.39, 0.29) is 5.38 Å². The summed E-state index contributed by atoms with van der Waals surface area (Å²) in [6.07, 6.45) is 2.74. The van der Waals surface area contributed by atoms with Gasteiger partial charge >= 0.3 is 0 Å². The molecule has 2 aromatic rings. The quantitative estimate of drug-likeness (QED) is 0.731. The third-order valence-corrected chi connectivity index (χ3v) is 3.90. The van der Waals surface area contributed by atoms with Crippen LogP contribution in [-0.4, -0.2) is 4.98 Å². The van der Waals surface area contributed by atoms with E-state index in [1.54, 1.807) is 22.7 Å². The molecule has 0 N–H and O–H groups in total. The molecule has 1 nitrogen and oxygen atoms in total. The van der Waals surface area contributed by atoms with E-state index >= 15 is 0 Å². The molecule has 0 amide bonds. The Morgan fingerprint density at radius 1 is 1.54 bits per heavy atom. The van der Waals surface area contributed by atoms with Crippen LogP contribution in [0.4, 0.5) is 0 Å². The predicted octanol–water partition coefficient (Wildman–Crippen LogP) is 3.73. The number of thiazole rings is 1. The molecule has 0 spiro atoms. The third-order valence-electron chi connectivity index (χ3n) is 1.76. The van der Waals surface area contributed by atoms with Crippen LogP contribution in [0.1, 0.15) is 15.8 Å². The summed E-state index contributed by atoms with van der Waals surface area (Å²) in [6.45, 7) is 0. The van der Waals surface area contributed by atoms with Crippen LogP contribution in [0.2, 0.25) is 0 Å². The average Bonchev–Trinajstić information content (AvgIpc) is 2.74. The fraction of sp³-hybridized carbons (Fsp3) is 0.222.